The fraction of sp³-hybridized carbons (Fsp3) is 0.400. The molecule has 3 heteroatoms. The highest BCUT2D eigenvalue weighted by Gasteiger charge is 2.10. The monoisotopic (exact) mass is 306 g/mol. The fourth-order valence-corrected chi connectivity index (χ4v) is 2.36. The Kier molecular flexibility index (Phi) is 3.91. The van der Waals surface area contributed by atoms with Crippen molar-refractivity contribution in [1.82, 2.24) is 4.98 Å². The van der Waals surface area contributed by atoms with Gasteiger partial charge in [-0.05, 0) is 24.0 Å². The maximum absolute atomic E-state index is 4.44. The molecule has 0 aliphatic heterocycles. The Balaban J connectivity index is 2.21. The summed E-state index contributed by atoms with van der Waals surface area (Å²) in [5.74, 6) is 0.970. The van der Waals surface area contributed by atoms with Crippen LogP contribution in [0.2, 0.25) is 0 Å². The van der Waals surface area contributed by atoms with Gasteiger partial charge in [0.2, 0.25) is 0 Å². The number of nitrogens with zero attached hydrogens (tertiary/aromatic N) is 1. The van der Waals surface area contributed by atoms with Gasteiger partial charge < -0.3 is 5.32 Å². The number of aromatic nitrogens is 1. The molecule has 0 spiro atoms. The zero-order chi connectivity index (χ0) is 13.2. The van der Waals surface area contributed by atoms with Gasteiger partial charge in [0, 0.05) is 28.0 Å². The van der Waals surface area contributed by atoms with Gasteiger partial charge in [-0.2, -0.15) is 0 Å². The van der Waals surface area contributed by atoms with Crippen LogP contribution in [0.3, 0.4) is 0 Å². The lowest BCUT2D eigenvalue weighted by molar-refractivity contribution is 0.389. The van der Waals surface area contributed by atoms with Crippen LogP contribution >= 0.6 is 15.9 Å². The van der Waals surface area contributed by atoms with Gasteiger partial charge in [-0.3, -0.25) is 0 Å². The van der Waals surface area contributed by atoms with Crippen molar-refractivity contribution in [1.29, 1.82) is 0 Å². The Bertz CT molecular complexity index is 544. The lowest BCUT2D eigenvalue weighted by atomic mass is 9.92. The molecule has 2 rings (SSSR count). The van der Waals surface area contributed by atoms with Gasteiger partial charge in [0.25, 0.3) is 0 Å². The first-order chi connectivity index (χ1) is 8.47. The van der Waals surface area contributed by atoms with E-state index in [2.05, 4.69) is 59.1 Å². The van der Waals surface area contributed by atoms with Crippen LogP contribution in [-0.2, 0) is 0 Å². The summed E-state index contributed by atoms with van der Waals surface area (Å²) in [6.07, 6.45) is 2.98. The van der Waals surface area contributed by atoms with E-state index in [1.807, 2.05) is 18.3 Å². The molecule has 2 nitrogen and oxygen atoms in total. The summed E-state index contributed by atoms with van der Waals surface area (Å²) < 4.78 is 1.11. The summed E-state index contributed by atoms with van der Waals surface area (Å²) in [5.41, 5.74) is 0.345. The quantitative estimate of drug-likeness (QED) is 0.877. The van der Waals surface area contributed by atoms with Crippen molar-refractivity contribution in [2.75, 3.05) is 11.9 Å². The van der Waals surface area contributed by atoms with Crippen LogP contribution in [-0.4, -0.2) is 11.5 Å². The van der Waals surface area contributed by atoms with Crippen LogP contribution in [0, 0.1) is 5.41 Å². The third-order valence-corrected chi connectivity index (χ3v) is 3.61. The molecule has 1 heterocycles. The molecule has 0 unspecified atom stereocenters. The minimum atomic E-state index is 0.345. The second-order valence-corrected chi connectivity index (χ2v) is 6.59. The number of anilines is 1. The molecule has 0 amide bonds. The Hall–Kier alpha value is -1.09. The van der Waals surface area contributed by atoms with Crippen LogP contribution in [0.25, 0.3) is 10.8 Å². The van der Waals surface area contributed by atoms with Crippen molar-refractivity contribution in [3.8, 4) is 0 Å². The number of hydrogen-bond acceptors (Lipinski definition) is 2. The maximum atomic E-state index is 4.44. The number of hydrogen-bond donors (Lipinski definition) is 1. The molecule has 0 saturated carbocycles. The van der Waals surface area contributed by atoms with Gasteiger partial charge in [0.05, 0.1) is 0 Å². The summed E-state index contributed by atoms with van der Waals surface area (Å²) >= 11 is 3.58. The summed E-state index contributed by atoms with van der Waals surface area (Å²) in [6, 6.07) is 8.24. The van der Waals surface area contributed by atoms with Crippen LogP contribution in [0.5, 0.6) is 0 Å². The zero-order valence-corrected chi connectivity index (χ0v) is 12.7. The van der Waals surface area contributed by atoms with Crippen LogP contribution < -0.4 is 5.32 Å². The van der Waals surface area contributed by atoms with E-state index in [4.69, 9.17) is 0 Å². The average molecular weight is 307 g/mol. The Morgan fingerprint density at radius 2 is 1.94 bits per heavy atom. The second kappa shape index (κ2) is 5.27. The predicted molar refractivity (Wildman–Crippen MR) is 82.0 cm³/mol. The van der Waals surface area contributed by atoms with Crippen LogP contribution in [0.4, 0.5) is 5.82 Å². The van der Waals surface area contributed by atoms with E-state index in [-0.39, 0.29) is 0 Å². The Labute approximate surface area is 117 Å². The average Bonchev–Trinajstić information content (AvgIpc) is 2.29. The SMILES string of the molecule is CC(C)(C)CCNc1nccc2c(Br)cccc12. The predicted octanol–water partition coefficient (Wildman–Crippen LogP) is 4.85. The van der Waals surface area contributed by atoms with Gasteiger partial charge in [-0.25, -0.2) is 4.98 Å². The molecule has 1 N–H and O–H groups in total. The lowest BCUT2D eigenvalue weighted by Crippen LogP contribution is -2.13. The van der Waals surface area contributed by atoms with E-state index >= 15 is 0 Å². The fourth-order valence-electron chi connectivity index (χ4n) is 1.87. The van der Waals surface area contributed by atoms with Crippen molar-refractivity contribution in [2.24, 2.45) is 5.41 Å². The topological polar surface area (TPSA) is 24.9 Å². The molecule has 0 atom stereocenters. The molecule has 0 fully saturated rings. The first-order valence-corrected chi connectivity index (χ1v) is 7.04. The van der Waals surface area contributed by atoms with Crippen LogP contribution in [0.1, 0.15) is 27.2 Å². The summed E-state index contributed by atoms with van der Waals surface area (Å²) in [7, 11) is 0. The third kappa shape index (κ3) is 3.22. The van der Waals surface area contributed by atoms with Gasteiger partial charge >= 0.3 is 0 Å². The standard InChI is InChI=1S/C15H19BrN2/c1-15(2,3)8-10-18-14-12-5-4-6-13(16)11(12)7-9-17-14/h4-7,9H,8,10H2,1-3H3,(H,17,18). The normalized spacial score (nSPS) is 11.8. The summed E-state index contributed by atoms with van der Waals surface area (Å²) in [4.78, 5) is 4.44. The molecule has 1 aromatic carbocycles. The smallest absolute Gasteiger partial charge is 0.133 e. The molecular weight excluding hydrogens is 288 g/mol. The molecule has 0 saturated heterocycles. The van der Waals surface area contributed by atoms with Crippen molar-refractivity contribution < 1.29 is 0 Å². The summed E-state index contributed by atoms with van der Waals surface area (Å²) in [5, 5.41) is 5.81. The van der Waals surface area contributed by atoms with E-state index in [0.717, 1.165) is 23.3 Å². The van der Waals surface area contributed by atoms with Gasteiger partial charge in [-0.15, -0.1) is 0 Å². The minimum absolute atomic E-state index is 0.345. The number of pyridine rings is 1. The van der Waals surface area contributed by atoms with Gasteiger partial charge in [-0.1, -0.05) is 48.8 Å². The lowest BCUT2D eigenvalue weighted by Gasteiger charge is -2.18. The first-order valence-electron chi connectivity index (χ1n) is 6.24. The van der Waals surface area contributed by atoms with E-state index in [9.17, 15) is 0 Å². The number of nitrogens with one attached hydrogen (secondary N) is 1. The second-order valence-electron chi connectivity index (χ2n) is 5.73. The van der Waals surface area contributed by atoms with Gasteiger partial charge in [0.1, 0.15) is 5.82 Å². The van der Waals surface area contributed by atoms with Crippen LogP contribution in [0.15, 0.2) is 34.9 Å². The maximum Gasteiger partial charge on any atom is 0.133 e. The van der Waals surface area contributed by atoms with Crippen molar-refractivity contribution in [3.63, 3.8) is 0 Å². The number of halogens is 1. The first kappa shape index (κ1) is 13.3. The third-order valence-electron chi connectivity index (χ3n) is 2.92. The number of fused-ring (bicyclic) bond motifs is 1. The van der Waals surface area contributed by atoms with Crippen molar-refractivity contribution >= 4 is 32.5 Å². The van der Waals surface area contributed by atoms with E-state index < -0.39 is 0 Å². The molecular formula is C15H19BrN2. The Morgan fingerprint density at radius 1 is 1.17 bits per heavy atom. The van der Waals surface area contributed by atoms with Crippen molar-refractivity contribution in [2.45, 2.75) is 27.2 Å². The molecule has 2 aromatic rings. The largest absolute Gasteiger partial charge is 0.370 e. The molecule has 18 heavy (non-hydrogen) atoms. The zero-order valence-electron chi connectivity index (χ0n) is 11.1. The highest BCUT2D eigenvalue weighted by Crippen LogP contribution is 2.28. The van der Waals surface area contributed by atoms with E-state index in [1.54, 1.807) is 0 Å². The van der Waals surface area contributed by atoms with Crippen molar-refractivity contribution in [3.05, 3.63) is 34.9 Å². The summed E-state index contributed by atoms with van der Waals surface area (Å²) in [6.45, 7) is 7.70. The van der Waals surface area contributed by atoms with E-state index in [1.165, 1.54) is 10.8 Å². The Morgan fingerprint density at radius 3 is 2.67 bits per heavy atom. The highest BCUT2D eigenvalue weighted by molar-refractivity contribution is 9.10. The molecule has 0 aliphatic carbocycles. The molecule has 0 aliphatic rings. The molecule has 0 radical (unpaired) electrons. The highest BCUT2D eigenvalue weighted by atomic mass is 79.9. The number of benzene rings is 1. The van der Waals surface area contributed by atoms with E-state index in [0.29, 0.717) is 5.41 Å². The molecule has 0 bridgehead atoms. The number of rotatable bonds is 3. The molecule has 1 aromatic heterocycles. The minimum Gasteiger partial charge on any atom is -0.370 e. The molecule has 96 valence electrons. The van der Waals surface area contributed by atoms with Gasteiger partial charge in [0.15, 0.2) is 0 Å².